The highest BCUT2D eigenvalue weighted by Gasteiger charge is 2.70. The summed E-state index contributed by atoms with van der Waals surface area (Å²) in [5.41, 5.74) is -1.35. The van der Waals surface area contributed by atoms with Crippen molar-refractivity contribution in [2.75, 3.05) is 20.7 Å². The number of halogens is 2. The number of likely N-dealkylation sites (N-methyl/N-ethyl adjacent to an activating group) is 1. The van der Waals surface area contributed by atoms with Crippen LogP contribution in [0.3, 0.4) is 0 Å². The Morgan fingerprint density at radius 3 is 2.56 bits per heavy atom. The number of hydroxylamine groups is 2. The molecule has 3 atom stereocenters. The first kappa shape index (κ1) is 19.5. The zero-order valence-corrected chi connectivity index (χ0v) is 16.1. The van der Waals surface area contributed by atoms with Crippen molar-refractivity contribution in [3.63, 3.8) is 0 Å². The number of likely N-dealkylation sites (tertiary alicyclic amines) is 1. The molecular formula is C19H24F2N2O4. The number of rotatable bonds is 3. The van der Waals surface area contributed by atoms with Gasteiger partial charge in [0.05, 0.1) is 7.11 Å². The molecule has 8 heteroatoms. The largest absolute Gasteiger partial charge is 0.444 e. The molecule has 1 aromatic carbocycles. The molecule has 3 unspecified atom stereocenters. The second-order valence-corrected chi connectivity index (χ2v) is 8.16. The van der Waals surface area contributed by atoms with Gasteiger partial charge in [-0.3, -0.25) is 14.5 Å². The number of carbonyl (C=O) groups is 2. The van der Waals surface area contributed by atoms with E-state index in [4.69, 9.17) is 9.57 Å². The van der Waals surface area contributed by atoms with E-state index in [1.54, 1.807) is 20.8 Å². The van der Waals surface area contributed by atoms with Crippen LogP contribution in [0.2, 0.25) is 0 Å². The normalized spacial score (nSPS) is 26.6. The highest BCUT2D eigenvalue weighted by atomic mass is 19.1. The van der Waals surface area contributed by atoms with E-state index in [9.17, 15) is 18.4 Å². The maximum atomic E-state index is 14.4. The van der Waals surface area contributed by atoms with E-state index in [0.29, 0.717) is 6.42 Å². The quantitative estimate of drug-likeness (QED) is 0.755. The predicted octanol–water partition coefficient (Wildman–Crippen LogP) is 2.86. The third-order valence-corrected chi connectivity index (χ3v) is 5.23. The van der Waals surface area contributed by atoms with Gasteiger partial charge < -0.3 is 4.74 Å². The third-order valence-electron chi connectivity index (χ3n) is 5.23. The van der Waals surface area contributed by atoms with Gasteiger partial charge in [-0.1, -0.05) is 0 Å². The molecular weight excluding hydrogens is 358 g/mol. The summed E-state index contributed by atoms with van der Waals surface area (Å²) in [7, 11) is 2.79. The van der Waals surface area contributed by atoms with Gasteiger partial charge >= 0.3 is 6.09 Å². The molecule has 0 spiro atoms. The van der Waals surface area contributed by atoms with Crippen LogP contribution >= 0.6 is 0 Å². The lowest BCUT2D eigenvalue weighted by atomic mass is 9.93. The highest BCUT2D eigenvalue weighted by molar-refractivity contribution is 5.87. The zero-order chi connectivity index (χ0) is 20.1. The van der Waals surface area contributed by atoms with Gasteiger partial charge in [0, 0.05) is 24.9 Å². The standard InChI is InChI=1S/C19H24F2N2O4/c1-18(2,3)27-17(25)23-10-19(12-8-11(20)6-7-14(12)21)9-13(19)15(23)16(24)22(4)26-5/h6-8,13,15H,9-10H2,1-5H3. The van der Waals surface area contributed by atoms with E-state index in [1.165, 1.54) is 19.1 Å². The van der Waals surface area contributed by atoms with Crippen LogP contribution in [0.15, 0.2) is 18.2 Å². The van der Waals surface area contributed by atoms with Crippen LogP contribution in [0.5, 0.6) is 0 Å². The second kappa shape index (κ2) is 6.44. The molecule has 3 rings (SSSR count). The van der Waals surface area contributed by atoms with Crippen LogP contribution in [0, 0.1) is 17.6 Å². The molecule has 148 valence electrons. The summed E-state index contributed by atoms with van der Waals surface area (Å²) in [6.45, 7) is 5.26. The zero-order valence-electron chi connectivity index (χ0n) is 16.1. The number of carbonyl (C=O) groups excluding carboxylic acids is 2. The Morgan fingerprint density at radius 1 is 1.30 bits per heavy atom. The molecule has 1 saturated heterocycles. The van der Waals surface area contributed by atoms with Crippen molar-refractivity contribution in [1.82, 2.24) is 9.96 Å². The minimum Gasteiger partial charge on any atom is -0.444 e. The molecule has 2 fully saturated rings. The Hall–Kier alpha value is -2.22. The van der Waals surface area contributed by atoms with Crippen molar-refractivity contribution in [1.29, 1.82) is 0 Å². The lowest BCUT2D eigenvalue weighted by Crippen LogP contribution is -2.50. The van der Waals surface area contributed by atoms with Gasteiger partial charge in [0.2, 0.25) is 0 Å². The van der Waals surface area contributed by atoms with Gasteiger partial charge in [0.15, 0.2) is 0 Å². The van der Waals surface area contributed by atoms with Gasteiger partial charge in [-0.2, -0.15) is 0 Å². The molecule has 1 saturated carbocycles. The SMILES string of the molecule is CON(C)C(=O)C1C2CC2(c2cc(F)ccc2F)CN1C(=O)OC(C)(C)C. The first-order valence-electron chi connectivity index (χ1n) is 8.77. The molecule has 1 aliphatic carbocycles. The van der Waals surface area contributed by atoms with Crippen LogP contribution in [0.1, 0.15) is 32.8 Å². The molecule has 2 amide bonds. The number of fused-ring (bicyclic) bond motifs is 1. The summed E-state index contributed by atoms with van der Waals surface area (Å²) in [6.07, 6.45) is -0.172. The topological polar surface area (TPSA) is 59.1 Å². The molecule has 0 aromatic heterocycles. The van der Waals surface area contributed by atoms with E-state index in [2.05, 4.69) is 0 Å². The summed E-state index contributed by atoms with van der Waals surface area (Å²) in [5, 5.41) is 1.04. The summed E-state index contributed by atoms with van der Waals surface area (Å²) in [6, 6.07) is 2.42. The van der Waals surface area contributed by atoms with Crippen molar-refractivity contribution in [3.8, 4) is 0 Å². The van der Waals surface area contributed by atoms with E-state index in [0.717, 1.165) is 23.3 Å². The Bertz CT molecular complexity index is 779. The van der Waals surface area contributed by atoms with E-state index in [1.807, 2.05) is 0 Å². The molecule has 1 heterocycles. The third kappa shape index (κ3) is 3.38. The number of piperidine rings is 1. The monoisotopic (exact) mass is 382 g/mol. The molecule has 0 bridgehead atoms. The fraction of sp³-hybridized carbons (Fsp3) is 0.579. The fourth-order valence-corrected chi connectivity index (χ4v) is 3.90. The first-order valence-corrected chi connectivity index (χ1v) is 8.77. The number of ether oxygens (including phenoxy) is 1. The maximum absolute atomic E-state index is 14.4. The number of benzene rings is 1. The van der Waals surface area contributed by atoms with Gasteiger partial charge in [0.1, 0.15) is 23.3 Å². The highest BCUT2D eigenvalue weighted by Crippen LogP contribution is 2.62. The van der Waals surface area contributed by atoms with Crippen LogP contribution in [-0.4, -0.2) is 54.3 Å². The summed E-state index contributed by atoms with van der Waals surface area (Å²) < 4.78 is 33.6. The lowest BCUT2D eigenvalue weighted by Gasteiger charge is -2.31. The average molecular weight is 382 g/mol. The molecule has 0 radical (unpaired) electrons. The van der Waals surface area contributed by atoms with E-state index in [-0.39, 0.29) is 18.0 Å². The molecule has 6 nitrogen and oxygen atoms in total. The second-order valence-electron chi connectivity index (χ2n) is 8.16. The van der Waals surface area contributed by atoms with Crippen molar-refractivity contribution < 1.29 is 27.9 Å². The molecule has 1 aromatic rings. The van der Waals surface area contributed by atoms with Crippen molar-refractivity contribution >= 4 is 12.0 Å². The van der Waals surface area contributed by atoms with Crippen molar-refractivity contribution in [2.24, 2.45) is 5.92 Å². The van der Waals surface area contributed by atoms with Crippen molar-refractivity contribution in [3.05, 3.63) is 35.4 Å². The molecule has 27 heavy (non-hydrogen) atoms. The van der Waals surface area contributed by atoms with Gasteiger partial charge in [0.25, 0.3) is 5.91 Å². The summed E-state index contributed by atoms with van der Waals surface area (Å²) in [5.74, 6) is -1.86. The molecule has 2 aliphatic rings. The molecule has 0 N–H and O–H groups in total. The number of amides is 2. The maximum Gasteiger partial charge on any atom is 0.411 e. The Morgan fingerprint density at radius 2 is 1.96 bits per heavy atom. The Balaban J connectivity index is 1.97. The van der Waals surface area contributed by atoms with Crippen LogP contribution < -0.4 is 0 Å². The van der Waals surface area contributed by atoms with Crippen LogP contribution in [-0.2, 0) is 19.8 Å². The summed E-state index contributed by atoms with van der Waals surface area (Å²) >= 11 is 0. The van der Waals surface area contributed by atoms with Gasteiger partial charge in [-0.15, -0.1) is 0 Å². The first-order chi connectivity index (χ1) is 12.5. The minimum atomic E-state index is -0.854. The van der Waals surface area contributed by atoms with E-state index < -0.39 is 40.7 Å². The fourth-order valence-electron chi connectivity index (χ4n) is 3.90. The van der Waals surface area contributed by atoms with Gasteiger partial charge in [-0.25, -0.2) is 18.6 Å². The number of hydrogen-bond donors (Lipinski definition) is 0. The minimum absolute atomic E-state index is 0.0842. The summed E-state index contributed by atoms with van der Waals surface area (Å²) in [4.78, 5) is 31.8. The van der Waals surface area contributed by atoms with Crippen LogP contribution in [0.25, 0.3) is 0 Å². The van der Waals surface area contributed by atoms with Gasteiger partial charge in [-0.05, 0) is 51.0 Å². The predicted molar refractivity (Wildman–Crippen MR) is 92.7 cm³/mol. The van der Waals surface area contributed by atoms with Crippen molar-refractivity contribution in [2.45, 2.75) is 44.2 Å². The average Bonchev–Trinajstić information content (AvgIpc) is 3.20. The van der Waals surface area contributed by atoms with E-state index >= 15 is 0 Å². The lowest BCUT2D eigenvalue weighted by molar-refractivity contribution is -0.174. The Kier molecular flexibility index (Phi) is 4.66. The Labute approximate surface area is 157 Å². The van der Waals surface area contributed by atoms with Crippen LogP contribution in [0.4, 0.5) is 13.6 Å². The number of nitrogens with zero attached hydrogens (tertiary/aromatic N) is 2. The smallest absolute Gasteiger partial charge is 0.411 e. The number of hydrogen-bond acceptors (Lipinski definition) is 4. The molecule has 1 aliphatic heterocycles.